The Kier molecular flexibility index (Phi) is 7.64. The number of anilines is 6. The van der Waals surface area contributed by atoms with Crippen LogP contribution in [0, 0.1) is 27.7 Å². The van der Waals surface area contributed by atoms with Gasteiger partial charge >= 0.3 is 0 Å². The van der Waals surface area contributed by atoms with Crippen molar-refractivity contribution in [1.29, 1.82) is 0 Å². The molecule has 0 aliphatic rings. The molecule has 2 nitrogen and oxygen atoms in total. The van der Waals surface area contributed by atoms with E-state index in [1.165, 1.54) is 43.8 Å². The van der Waals surface area contributed by atoms with Crippen LogP contribution >= 0.6 is 15.9 Å². The maximum absolute atomic E-state index is 3.94. The summed E-state index contributed by atoms with van der Waals surface area (Å²) in [6, 6.07) is 50.8. The van der Waals surface area contributed by atoms with Crippen LogP contribution in [0.2, 0.25) is 0 Å². The van der Waals surface area contributed by atoms with Crippen molar-refractivity contribution in [3.05, 3.63) is 166 Å². The van der Waals surface area contributed by atoms with E-state index < -0.39 is 0 Å². The molecule has 0 fully saturated rings. The van der Waals surface area contributed by atoms with E-state index in [-0.39, 0.29) is 0 Å². The average molecular weight is 648 g/mol. The first-order valence-electron chi connectivity index (χ1n) is 15.4. The number of halogens is 1. The van der Waals surface area contributed by atoms with Gasteiger partial charge in [-0.1, -0.05) is 101 Å². The first kappa shape index (κ1) is 28.9. The molecule has 0 saturated carbocycles. The summed E-state index contributed by atoms with van der Waals surface area (Å²) in [6.45, 7) is 8.69. The average Bonchev–Trinajstić information content (AvgIpc) is 3.00. The van der Waals surface area contributed by atoms with Crippen LogP contribution in [0.4, 0.5) is 34.1 Å². The van der Waals surface area contributed by atoms with Gasteiger partial charge in [0.05, 0.1) is 11.4 Å². The second-order valence-corrected chi connectivity index (χ2v) is 12.9. The van der Waals surface area contributed by atoms with Crippen molar-refractivity contribution in [2.45, 2.75) is 27.7 Å². The maximum atomic E-state index is 3.94. The summed E-state index contributed by atoms with van der Waals surface area (Å²) in [7, 11) is 0. The molecule has 0 N–H and O–H groups in total. The van der Waals surface area contributed by atoms with Crippen LogP contribution in [0.25, 0.3) is 21.5 Å². The van der Waals surface area contributed by atoms with E-state index in [2.05, 4.69) is 193 Å². The van der Waals surface area contributed by atoms with Crippen LogP contribution < -0.4 is 9.80 Å². The molecule has 0 amide bonds. The van der Waals surface area contributed by atoms with Crippen molar-refractivity contribution in [3.63, 3.8) is 0 Å². The minimum Gasteiger partial charge on any atom is -0.310 e. The van der Waals surface area contributed by atoms with E-state index in [4.69, 9.17) is 0 Å². The van der Waals surface area contributed by atoms with E-state index in [0.717, 1.165) is 38.6 Å². The fourth-order valence-electron chi connectivity index (χ4n) is 6.64. The molecule has 0 atom stereocenters. The zero-order chi connectivity index (χ0) is 31.1. The lowest BCUT2D eigenvalue weighted by atomic mass is 10.0. The second-order valence-electron chi connectivity index (χ2n) is 12.0. The van der Waals surface area contributed by atoms with E-state index in [9.17, 15) is 0 Å². The highest BCUT2D eigenvalue weighted by Crippen LogP contribution is 2.46. The van der Waals surface area contributed by atoms with Gasteiger partial charge in [0.2, 0.25) is 0 Å². The maximum Gasteiger partial charge on any atom is 0.0540 e. The van der Waals surface area contributed by atoms with Gasteiger partial charge in [-0.05, 0) is 115 Å². The molecule has 0 bridgehead atoms. The largest absolute Gasteiger partial charge is 0.310 e. The molecule has 7 aromatic carbocycles. The van der Waals surface area contributed by atoms with Crippen LogP contribution in [0.3, 0.4) is 0 Å². The smallest absolute Gasteiger partial charge is 0.0540 e. The van der Waals surface area contributed by atoms with Crippen molar-refractivity contribution >= 4 is 71.6 Å². The second kappa shape index (κ2) is 11.9. The molecule has 45 heavy (non-hydrogen) atoms. The summed E-state index contributed by atoms with van der Waals surface area (Å²) in [5.74, 6) is 0. The zero-order valence-electron chi connectivity index (χ0n) is 26.1. The number of hydrogen-bond donors (Lipinski definition) is 0. The Labute approximate surface area is 274 Å². The Balaban J connectivity index is 1.52. The third-order valence-corrected chi connectivity index (χ3v) is 8.79. The monoisotopic (exact) mass is 646 g/mol. The Bertz CT molecular complexity index is 2020. The zero-order valence-corrected chi connectivity index (χ0v) is 27.6. The lowest BCUT2D eigenvalue weighted by molar-refractivity contribution is 1.22. The molecule has 0 unspecified atom stereocenters. The van der Waals surface area contributed by atoms with Crippen LogP contribution in [0.1, 0.15) is 22.3 Å². The van der Waals surface area contributed by atoms with E-state index in [1.807, 2.05) is 0 Å². The predicted molar refractivity (Wildman–Crippen MR) is 197 cm³/mol. The van der Waals surface area contributed by atoms with Gasteiger partial charge in [0.25, 0.3) is 0 Å². The quantitative estimate of drug-likeness (QED) is 0.177. The molecular weight excluding hydrogens is 612 g/mol. The number of rotatable bonds is 6. The molecule has 7 rings (SSSR count). The first-order chi connectivity index (χ1) is 21.8. The number of hydrogen-bond acceptors (Lipinski definition) is 2. The van der Waals surface area contributed by atoms with Gasteiger partial charge in [-0.3, -0.25) is 0 Å². The van der Waals surface area contributed by atoms with Gasteiger partial charge < -0.3 is 9.80 Å². The van der Waals surface area contributed by atoms with Gasteiger partial charge in [-0.25, -0.2) is 0 Å². The van der Waals surface area contributed by atoms with E-state index in [1.54, 1.807) is 0 Å². The third kappa shape index (κ3) is 5.72. The SMILES string of the molecule is Cc1cc(C)cc(N(c2cc(C)cc(C)c2)c2cc(Br)cc(N(c3cccc4ccccc34)c3cccc4ccccc34)c2)c1. The van der Waals surface area contributed by atoms with E-state index in [0.29, 0.717) is 0 Å². The lowest BCUT2D eigenvalue weighted by Crippen LogP contribution is -2.14. The van der Waals surface area contributed by atoms with Crippen molar-refractivity contribution in [2.24, 2.45) is 0 Å². The van der Waals surface area contributed by atoms with Gasteiger partial charge in [0, 0.05) is 38.0 Å². The van der Waals surface area contributed by atoms with Crippen molar-refractivity contribution in [3.8, 4) is 0 Å². The van der Waals surface area contributed by atoms with Gasteiger partial charge in [-0.2, -0.15) is 0 Å². The summed E-state index contributed by atoms with van der Waals surface area (Å²) < 4.78 is 1.01. The number of nitrogens with zero attached hydrogens (tertiary/aromatic N) is 2. The van der Waals surface area contributed by atoms with Gasteiger partial charge in [0.15, 0.2) is 0 Å². The van der Waals surface area contributed by atoms with Gasteiger partial charge in [0.1, 0.15) is 0 Å². The molecule has 0 aliphatic heterocycles. The molecule has 0 spiro atoms. The fraction of sp³-hybridized carbons (Fsp3) is 0.0952. The van der Waals surface area contributed by atoms with Crippen molar-refractivity contribution in [1.82, 2.24) is 0 Å². The van der Waals surface area contributed by atoms with Crippen LogP contribution in [0.15, 0.2) is 144 Å². The van der Waals surface area contributed by atoms with Crippen LogP contribution in [-0.4, -0.2) is 0 Å². The summed E-state index contributed by atoms with van der Waals surface area (Å²) in [5.41, 5.74) is 11.7. The molecule has 0 radical (unpaired) electrons. The Morgan fingerprint density at radius 1 is 0.378 bits per heavy atom. The molecule has 7 aromatic rings. The molecule has 0 saturated heterocycles. The highest BCUT2D eigenvalue weighted by Gasteiger charge is 2.21. The van der Waals surface area contributed by atoms with Crippen LogP contribution in [-0.2, 0) is 0 Å². The minimum absolute atomic E-state index is 1.01. The molecule has 0 aliphatic carbocycles. The summed E-state index contributed by atoms with van der Waals surface area (Å²) in [6.07, 6.45) is 0. The Morgan fingerprint density at radius 3 is 1.22 bits per heavy atom. The van der Waals surface area contributed by atoms with Crippen LogP contribution in [0.5, 0.6) is 0 Å². The standard InChI is InChI=1S/C42H35BrN2/c1-28-19-29(2)22-35(21-28)44(36-23-30(3)20-31(4)24-36)37-25-34(43)26-38(27-37)45(41-17-9-13-32-11-5-7-15-39(32)41)42-18-10-14-33-12-6-8-16-40(33)42/h5-27H,1-4H3. The van der Waals surface area contributed by atoms with Crippen molar-refractivity contribution < 1.29 is 0 Å². The van der Waals surface area contributed by atoms with Gasteiger partial charge in [-0.15, -0.1) is 0 Å². The topological polar surface area (TPSA) is 6.48 Å². The predicted octanol–water partition coefficient (Wildman–Crippen LogP) is 12.9. The molecule has 220 valence electrons. The highest BCUT2D eigenvalue weighted by atomic mass is 79.9. The van der Waals surface area contributed by atoms with E-state index >= 15 is 0 Å². The number of fused-ring (bicyclic) bond motifs is 2. The summed E-state index contributed by atoms with van der Waals surface area (Å²) in [5, 5.41) is 4.83. The third-order valence-electron chi connectivity index (χ3n) is 8.33. The summed E-state index contributed by atoms with van der Waals surface area (Å²) in [4.78, 5) is 4.80. The molecule has 3 heteroatoms. The first-order valence-corrected chi connectivity index (χ1v) is 16.2. The number of benzene rings is 7. The summed E-state index contributed by atoms with van der Waals surface area (Å²) >= 11 is 3.94. The Hall–Kier alpha value is -4.86. The minimum atomic E-state index is 1.01. The molecular formula is C42H35BrN2. The van der Waals surface area contributed by atoms with Crippen molar-refractivity contribution in [2.75, 3.05) is 9.80 Å². The fourth-order valence-corrected chi connectivity index (χ4v) is 7.11. The highest BCUT2D eigenvalue weighted by molar-refractivity contribution is 9.10. The molecule has 0 aromatic heterocycles. The molecule has 0 heterocycles. The normalized spacial score (nSPS) is 11.2. The number of aryl methyl sites for hydroxylation is 4. The Morgan fingerprint density at radius 2 is 0.756 bits per heavy atom. The lowest BCUT2D eigenvalue weighted by Gasteiger charge is -2.31.